The summed E-state index contributed by atoms with van der Waals surface area (Å²) in [5.41, 5.74) is 2.88. The maximum atomic E-state index is 2.45. The van der Waals surface area contributed by atoms with E-state index in [4.69, 9.17) is 0 Å². The molecule has 0 spiro atoms. The van der Waals surface area contributed by atoms with Crippen LogP contribution in [0.5, 0.6) is 0 Å². The molecule has 1 aliphatic rings. The molecule has 0 atom stereocenters. The van der Waals surface area contributed by atoms with Gasteiger partial charge in [-0.05, 0) is 36.8 Å². The molecule has 1 fully saturated rings. The van der Waals surface area contributed by atoms with E-state index in [0.29, 0.717) is 0 Å². The summed E-state index contributed by atoms with van der Waals surface area (Å²) in [5.74, 6) is 0. The maximum Gasteiger partial charge on any atom is 0.0595 e. The highest BCUT2D eigenvalue weighted by Crippen LogP contribution is 2.39. The van der Waals surface area contributed by atoms with Crippen molar-refractivity contribution < 1.29 is 0 Å². The van der Waals surface area contributed by atoms with Gasteiger partial charge in [0.15, 0.2) is 0 Å². The monoisotopic (exact) mass is 177 g/mol. The van der Waals surface area contributed by atoms with E-state index in [2.05, 4.69) is 29.1 Å². The first-order valence-electron chi connectivity index (χ1n) is 4.41. The molecular formula is C10H11NS. The van der Waals surface area contributed by atoms with Crippen molar-refractivity contribution in [1.82, 2.24) is 4.57 Å². The van der Waals surface area contributed by atoms with E-state index in [1.165, 1.54) is 28.6 Å². The number of hydrogen-bond donors (Lipinski definition) is 0. The zero-order chi connectivity index (χ0) is 8.13. The predicted molar refractivity (Wildman–Crippen MR) is 52.8 cm³/mol. The van der Waals surface area contributed by atoms with Crippen molar-refractivity contribution in [1.29, 1.82) is 0 Å². The van der Waals surface area contributed by atoms with Crippen LogP contribution in [0, 0.1) is 6.92 Å². The zero-order valence-electron chi connectivity index (χ0n) is 7.08. The van der Waals surface area contributed by atoms with Gasteiger partial charge in [0.05, 0.1) is 10.2 Å². The zero-order valence-corrected chi connectivity index (χ0v) is 7.90. The fraction of sp³-hybridized carbons (Fsp3) is 0.400. The Morgan fingerprint density at radius 3 is 3.08 bits per heavy atom. The van der Waals surface area contributed by atoms with Crippen molar-refractivity contribution in [3.63, 3.8) is 0 Å². The fourth-order valence-corrected chi connectivity index (χ4v) is 2.66. The summed E-state index contributed by atoms with van der Waals surface area (Å²) in [4.78, 5) is 0. The first-order valence-corrected chi connectivity index (χ1v) is 5.29. The number of aryl methyl sites for hydroxylation is 1. The largest absolute Gasteiger partial charge is 0.343 e. The molecule has 2 heteroatoms. The van der Waals surface area contributed by atoms with Gasteiger partial charge in [0, 0.05) is 12.2 Å². The number of aromatic nitrogens is 1. The molecule has 0 bridgehead atoms. The predicted octanol–water partition coefficient (Wildman–Crippen LogP) is 3.35. The Kier molecular flexibility index (Phi) is 1.20. The number of thiophene rings is 1. The van der Waals surface area contributed by atoms with Crippen LogP contribution in [0.15, 0.2) is 17.6 Å². The topological polar surface area (TPSA) is 4.93 Å². The first-order chi connectivity index (χ1) is 5.86. The minimum Gasteiger partial charge on any atom is -0.343 e. The number of rotatable bonds is 1. The molecule has 0 aliphatic heterocycles. The Hall–Kier alpha value is -0.760. The molecule has 0 radical (unpaired) electrons. The minimum absolute atomic E-state index is 0.816. The molecule has 2 heterocycles. The highest BCUT2D eigenvalue weighted by molar-refractivity contribution is 7.17. The Morgan fingerprint density at radius 2 is 2.33 bits per heavy atom. The normalized spacial score (nSPS) is 17.4. The number of fused-ring (bicyclic) bond motifs is 1. The molecule has 1 nitrogen and oxygen atoms in total. The van der Waals surface area contributed by atoms with Crippen LogP contribution in [0.25, 0.3) is 10.2 Å². The summed E-state index contributed by atoms with van der Waals surface area (Å²) in [6.45, 7) is 2.21. The van der Waals surface area contributed by atoms with E-state index in [1.807, 2.05) is 11.3 Å². The van der Waals surface area contributed by atoms with Crippen LogP contribution in [0.1, 0.15) is 24.4 Å². The van der Waals surface area contributed by atoms with Crippen LogP contribution in [-0.2, 0) is 0 Å². The lowest BCUT2D eigenvalue weighted by Gasteiger charge is -1.97. The third kappa shape index (κ3) is 0.787. The number of hydrogen-bond acceptors (Lipinski definition) is 1. The van der Waals surface area contributed by atoms with Crippen molar-refractivity contribution in [2.45, 2.75) is 25.8 Å². The van der Waals surface area contributed by atoms with Gasteiger partial charge in [-0.1, -0.05) is 0 Å². The lowest BCUT2D eigenvalue weighted by atomic mass is 10.4. The highest BCUT2D eigenvalue weighted by atomic mass is 32.1. The van der Waals surface area contributed by atoms with Crippen molar-refractivity contribution in [3.8, 4) is 0 Å². The minimum atomic E-state index is 0.816. The second-order valence-corrected chi connectivity index (χ2v) is 4.50. The van der Waals surface area contributed by atoms with Gasteiger partial charge in [-0.15, -0.1) is 11.3 Å². The summed E-state index contributed by atoms with van der Waals surface area (Å²) in [5, 5.41) is 2.19. The second kappa shape index (κ2) is 2.13. The van der Waals surface area contributed by atoms with Gasteiger partial charge in [-0.3, -0.25) is 0 Å². The molecular weight excluding hydrogens is 166 g/mol. The molecule has 2 aromatic rings. The standard InChI is InChI=1S/C10H11NS/c1-7-6-11(8-2-3-8)9-4-5-12-10(7)9/h4-6,8H,2-3H2,1H3. The van der Waals surface area contributed by atoms with E-state index in [9.17, 15) is 0 Å². The van der Waals surface area contributed by atoms with Crippen LogP contribution < -0.4 is 0 Å². The van der Waals surface area contributed by atoms with Crippen LogP contribution in [0.3, 0.4) is 0 Å². The lowest BCUT2D eigenvalue weighted by Crippen LogP contribution is -1.88. The number of nitrogens with zero attached hydrogens (tertiary/aromatic N) is 1. The molecule has 2 aromatic heterocycles. The Balaban J connectivity index is 2.33. The molecule has 12 heavy (non-hydrogen) atoms. The quantitative estimate of drug-likeness (QED) is 0.629. The Bertz CT molecular complexity index is 420. The summed E-state index contributed by atoms with van der Waals surface area (Å²) in [6, 6.07) is 3.06. The highest BCUT2D eigenvalue weighted by Gasteiger charge is 2.25. The smallest absolute Gasteiger partial charge is 0.0595 e. The molecule has 0 amide bonds. The molecule has 0 unspecified atom stereocenters. The van der Waals surface area contributed by atoms with Crippen molar-refractivity contribution in [2.75, 3.05) is 0 Å². The van der Waals surface area contributed by atoms with E-state index in [0.717, 1.165) is 6.04 Å². The van der Waals surface area contributed by atoms with Crippen LogP contribution >= 0.6 is 11.3 Å². The molecule has 62 valence electrons. The van der Waals surface area contributed by atoms with Gasteiger partial charge in [0.1, 0.15) is 0 Å². The third-order valence-electron chi connectivity index (χ3n) is 2.55. The van der Waals surface area contributed by atoms with Gasteiger partial charge in [0.25, 0.3) is 0 Å². The second-order valence-electron chi connectivity index (χ2n) is 3.59. The van der Waals surface area contributed by atoms with E-state index in [1.54, 1.807) is 0 Å². The van der Waals surface area contributed by atoms with Gasteiger partial charge >= 0.3 is 0 Å². The van der Waals surface area contributed by atoms with E-state index < -0.39 is 0 Å². The van der Waals surface area contributed by atoms with Crippen molar-refractivity contribution in [2.24, 2.45) is 0 Å². The molecule has 0 saturated heterocycles. The summed E-state index contributed by atoms with van der Waals surface area (Å²) < 4.78 is 3.92. The van der Waals surface area contributed by atoms with Gasteiger partial charge < -0.3 is 4.57 Å². The van der Waals surface area contributed by atoms with Crippen LogP contribution in [0.4, 0.5) is 0 Å². The summed E-state index contributed by atoms with van der Waals surface area (Å²) in [7, 11) is 0. The van der Waals surface area contributed by atoms with Gasteiger partial charge in [0.2, 0.25) is 0 Å². The van der Waals surface area contributed by atoms with E-state index in [-0.39, 0.29) is 0 Å². The average molecular weight is 177 g/mol. The molecule has 0 N–H and O–H groups in total. The Morgan fingerprint density at radius 1 is 1.50 bits per heavy atom. The molecule has 1 saturated carbocycles. The summed E-state index contributed by atoms with van der Waals surface area (Å²) >= 11 is 1.86. The fourth-order valence-electron chi connectivity index (χ4n) is 1.79. The van der Waals surface area contributed by atoms with Crippen molar-refractivity contribution >= 4 is 21.6 Å². The molecule has 0 aromatic carbocycles. The van der Waals surface area contributed by atoms with Crippen molar-refractivity contribution in [3.05, 3.63) is 23.2 Å². The SMILES string of the molecule is Cc1cn(C2CC2)c2ccsc12. The average Bonchev–Trinajstić information content (AvgIpc) is 2.68. The summed E-state index contributed by atoms with van der Waals surface area (Å²) in [6.07, 6.45) is 5.05. The van der Waals surface area contributed by atoms with Gasteiger partial charge in [-0.2, -0.15) is 0 Å². The van der Waals surface area contributed by atoms with Crippen LogP contribution in [0.2, 0.25) is 0 Å². The van der Waals surface area contributed by atoms with Gasteiger partial charge in [-0.25, -0.2) is 0 Å². The molecule has 1 aliphatic carbocycles. The maximum absolute atomic E-state index is 2.45. The van der Waals surface area contributed by atoms with Crippen LogP contribution in [-0.4, -0.2) is 4.57 Å². The molecule has 3 rings (SSSR count). The van der Waals surface area contributed by atoms with E-state index >= 15 is 0 Å². The lowest BCUT2D eigenvalue weighted by molar-refractivity contribution is 0.774. The third-order valence-corrected chi connectivity index (χ3v) is 3.59. The first kappa shape index (κ1) is 6.72. The Labute approximate surface area is 75.6 Å².